The van der Waals surface area contributed by atoms with Gasteiger partial charge in [-0.05, 0) is 24.4 Å². The largest absolute Gasteiger partial charge is 0.377 e. The molecule has 0 aliphatic rings. The molecule has 0 bridgehead atoms. The van der Waals surface area contributed by atoms with Gasteiger partial charge >= 0.3 is 0 Å². The number of ether oxygens (including phenoxy) is 1. The van der Waals surface area contributed by atoms with Gasteiger partial charge in [-0.3, -0.25) is 4.79 Å². The van der Waals surface area contributed by atoms with Crippen molar-refractivity contribution in [3.05, 3.63) is 58.4 Å². The number of aromatic nitrogens is 1. The Morgan fingerprint density at radius 3 is 2.88 bits per heavy atom. The van der Waals surface area contributed by atoms with Gasteiger partial charge in [0.25, 0.3) is 0 Å². The van der Waals surface area contributed by atoms with E-state index in [0.717, 1.165) is 26.8 Å². The highest BCUT2D eigenvalue weighted by atomic mass is 32.1. The van der Waals surface area contributed by atoms with Gasteiger partial charge in [0.1, 0.15) is 5.01 Å². The molecule has 6 heteroatoms. The van der Waals surface area contributed by atoms with Crippen molar-refractivity contribution in [1.29, 1.82) is 0 Å². The first-order chi connectivity index (χ1) is 11.8. The van der Waals surface area contributed by atoms with Crippen molar-refractivity contribution in [2.24, 2.45) is 0 Å². The van der Waals surface area contributed by atoms with Crippen LogP contribution in [0.1, 0.15) is 18.2 Å². The van der Waals surface area contributed by atoms with Crippen molar-refractivity contribution in [2.45, 2.75) is 20.0 Å². The quantitative estimate of drug-likeness (QED) is 0.672. The topological polar surface area (TPSA) is 51.2 Å². The minimum absolute atomic E-state index is 0.0676. The van der Waals surface area contributed by atoms with Gasteiger partial charge in [0.05, 0.1) is 23.6 Å². The lowest BCUT2D eigenvalue weighted by Gasteiger charge is -2.10. The normalized spacial score (nSPS) is 10.7. The summed E-state index contributed by atoms with van der Waals surface area (Å²) in [6.45, 7) is 3.09. The third-order valence-electron chi connectivity index (χ3n) is 3.38. The Balaban J connectivity index is 1.64. The Bertz CT molecular complexity index is 797. The van der Waals surface area contributed by atoms with E-state index in [1.807, 2.05) is 54.1 Å². The lowest BCUT2D eigenvalue weighted by atomic mass is 10.2. The average molecular weight is 358 g/mol. The molecule has 0 radical (unpaired) electrons. The van der Waals surface area contributed by atoms with Gasteiger partial charge in [0, 0.05) is 23.2 Å². The highest BCUT2D eigenvalue weighted by molar-refractivity contribution is 7.20. The maximum atomic E-state index is 12.3. The number of thiazole rings is 1. The minimum Gasteiger partial charge on any atom is -0.377 e. The van der Waals surface area contributed by atoms with E-state index in [9.17, 15) is 4.79 Å². The average Bonchev–Trinajstić information content (AvgIpc) is 3.25. The van der Waals surface area contributed by atoms with E-state index in [0.29, 0.717) is 13.2 Å². The monoisotopic (exact) mass is 358 g/mol. The molecule has 2 heterocycles. The molecule has 0 atom stereocenters. The van der Waals surface area contributed by atoms with Crippen molar-refractivity contribution in [3.8, 4) is 9.88 Å². The van der Waals surface area contributed by atoms with E-state index < -0.39 is 0 Å². The summed E-state index contributed by atoms with van der Waals surface area (Å²) in [5, 5.41) is 7.89. The summed E-state index contributed by atoms with van der Waals surface area (Å²) >= 11 is 3.22. The van der Waals surface area contributed by atoms with Crippen molar-refractivity contribution in [1.82, 2.24) is 4.98 Å². The molecule has 0 fully saturated rings. The highest BCUT2D eigenvalue weighted by Crippen LogP contribution is 2.28. The zero-order valence-corrected chi connectivity index (χ0v) is 15.0. The number of carbonyl (C=O) groups excluding carboxylic acids is 1. The number of amides is 1. The summed E-state index contributed by atoms with van der Waals surface area (Å²) in [7, 11) is 0. The summed E-state index contributed by atoms with van der Waals surface area (Å²) in [6, 6.07) is 11.7. The molecule has 2 aromatic heterocycles. The minimum atomic E-state index is -0.0676. The van der Waals surface area contributed by atoms with Crippen LogP contribution in [0.2, 0.25) is 0 Å². The van der Waals surface area contributed by atoms with Crippen LogP contribution in [0.4, 0.5) is 5.69 Å². The number of rotatable bonds is 7. The Morgan fingerprint density at radius 1 is 1.21 bits per heavy atom. The second-order valence-electron chi connectivity index (χ2n) is 5.14. The predicted octanol–water partition coefficient (Wildman–Crippen LogP) is 4.59. The zero-order valence-electron chi connectivity index (χ0n) is 13.3. The van der Waals surface area contributed by atoms with Crippen molar-refractivity contribution in [2.75, 3.05) is 11.9 Å². The number of carbonyl (C=O) groups is 1. The van der Waals surface area contributed by atoms with E-state index in [2.05, 4.69) is 10.3 Å². The molecule has 124 valence electrons. The van der Waals surface area contributed by atoms with Crippen LogP contribution in [0.5, 0.6) is 0 Å². The maximum Gasteiger partial charge on any atom is 0.230 e. The van der Waals surface area contributed by atoms with Gasteiger partial charge < -0.3 is 10.1 Å². The Hall–Kier alpha value is -2.02. The van der Waals surface area contributed by atoms with Gasteiger partial charge in [0.2, 0.25) is 5.91 Å². The predicted molar refractivity (Wildman–Crippen MR) is 99.5 cm³/mol. The number of nitrogens with zero attached hydrogens (tertiary/aromatic N) is 1. The Labute approximate surface area is 149 Å². The van der Waals surface area contributed by atoms with Gasteiger partial charge in [-0.25, -0.2) is 4.98 Å². The summed E-state index contributed by atoms with van der Waals surface area (Å²) in [4.78, 5) is 18.0. The van der Waals surface area contributed by atoms with Crippen LogP contribution in [0.3, 0.4) is 0 Å². The molecule has 0 aliphatic carbocycles. The van der Waals surface area contributed by atoms with Crippen molar-refractivity contribution in [3.63, 3.8) is 0 Å². The van der Waals surface area contributed by atoms with E-state index in [1.165, 1.54) is 0 Å². The summed E-state index contributed by atoms with van der Waals surface area (Å²) in [5.74, 6) is -0.0676. The fraction of sp³-hybridized carbons (Fsp3) is 0.222. The third-order valence-corrected chi connectivity index (χ3v) is 5.31. The fourth-order valence-corrected chi connectivity index (χ4v) is 3.87. The zero-order chi connectivity index (χ0) is 16.8. The van der Waals surface area contributed by atoms with Crippen LogP contribution in [0.25, 0.3) is 9.88 Å². The first kappa shape index (κ1) is 16.8. The first-order valence-corrected chi connectivity index (χ1v) is 9.46. The second-order valence-corrected chi connectivity index (χ2v) is 6.95. The van der Waals surface area contributed by atoms with E-state index >= 15 is 0 Å². The van der Waals surface area contributed by atoms with Crippen LogP contribution in [0.15, 0.2) is 47.2 Å². The molecular formula is C18H18N2O2S2. The second kappa shape index (κ2) is 8.19. The number of hydrogen-bond donors (Lipinski definition) is 1. The molecule has 4 nitrogen and oxygen atoms in total. The molecule has 1 aromatic carbocycles. The number of anilines is 1. The molecule has 0 aliphatic heterocycles. The number of benzene rings is 1. The van der Waals surface area contributed by atoms with Crippen LogP contribution >= 0.6 is 22.7 Å². The highest BCUT2D eigenvalue weighted by Gasteiger charge is 2.11. The molecule has 24 heavy (non-hydrogen) atoms. The molecule has 0 spiro atoms. The summed E-state index contributed by atoms with van der Waals surface area (Å²) < 4.78 is 5.44. The van der Waals surface area contributed by atoms with Gasteiger partial charge in [-0.15, -0.1) is 22.7 Å². The summed E-state index contributed by atoms with van der Waals surface area (Å²) in [6.07, 6.45) is 0.269. The standard InChI is InChI=1S/C18H18N2O2S2/c1-2-22-11-13-6-3-4-7-15(13)20-17(21)10-14-12-24-18(19-14)16-8-5-9-23-16/h3-9,12H,2,10-11H2,1H3,(H,20,21). The molecule has 3 rings (SSSR count). The number of para-hydroxylation sites is 1. The molecule has 1 N–H and O–H groups in total. The third kappa shape index (κ3) is 4.29. The molecule has 0 saturated carbocycles. The SMILES string of the molecule is CCOCc1ccccc1NC(=O)Cc1csc(-c2cccs2)n1. The number of hydrogen-bond acceptors (Lipinski definition) is 5. The summed E-state index contributed by atoms with van der Waals surface area (Å²) in [5.41, 5.74) is 2.57. The molecule has 0 saturated heterocycles. The van der Waals surface area contributed by atoms with Gasteiger partial charge in [-0.1, -0.05) is 24.3 Å². The van der Waals surface area contributed by atoms with Crippen molar-refractivity contribution < 1.29 is 9.53 Å². The Kier molecular flexibility index (Phi) is 5.74. The lowest BCUT2D eigenvalue weighted by molar-refractivity contribution is -0.115. The van der Waals surface area contributed by atoms with Gasteiger partial charge in [0.15, 0.2) is 0 Å². The smallest absolute Gasteiger partial charge is 0.230 e. The lowest BCUT2D eigenvalue weighted by Crippen LogP contribution is -2.16. The molecular weight excluding hydrogens is 340 g/mol. The van der Waals surface area contributed by atoms with E-state index in [4.69, 9.17) is 4.74 Å². The van der Waals surface area contributed by atoms with E-state index in [1.54, 1.807) is 22.7 Å². The molecule has 1 amide bonds. The van der Waals surface area contributed by atoms with Crippen molar-refractivity contribution >= 4 is 34.3 Å². The van der Waals surface area contributed by atoms with Crippen LogP contribution in [-0.2, 0) is 22.6 Å². The van der Waals surface area contributed by atoms with Gasteiger partial charge in [-0.2, -0.15) is 0 Å². The maximum absolute atomic E-state index is 12.3. The van der Waals surface area contributed by atoms with Crippen LogP contribution in [-0.4, -0.2) is 17.5 Å². The first-order valence-electron chi connectivity index (χ1n) is 7.70. The van der Waals surface area contributed by atoms with E-state index in [-0.39, 0.29) is 12.3 Å². The van der Waals surface area contributed by atoms with Crippen LogP contribution < -0.4 is 5.32 Å². The number of thiophene rings is 1. The number of nitrogens with one attached hydrogen (secondary N) is 1. The van der Waals surface area contributed by atoms with Crippen LogP contribution in [0, 0.1) is 0 Å². The Morgan fingerprint density at radius 2 is 2.08 bits per heavy atom. The molecule has 3 aromatic rings. The molecule has 0 unspecified atom stereocenters. The fourth-order valence-electron chi connectivity index (χ4n) is 2.24.